The minimum Gasteiger partial charge on any atom is -0.374 e. The third-order valence-corrected chi connectivity index (χ3v) is 3.60. The summed E-state index contributed by atoms with van der Waals surface area (Å²) in [4.78, 5) is 2.43. The highest BCUT2D eigenvalue weighted by Gasteiger charge is 2.19. The molecule has 0 bridgehead atoms. The quantitative estimate of drug-likeness (QED) is 0.912. The predicted molar refractivity (Wildman–Crippen MR) is 77.2 cm³/mol. The van der Waals surface area contributed by atoms with E-state index in [2.05, 4.69) is 36.9 Å². The average Bonchev–Trinajstić information content (AvgIpc) is 2.35. The Labute approximate surface area is 116 Å². The molecule has 102 valence electrons. The highest BCUT2D eigenvalue weighted by atomic mass is 35.5. The number of aryl methyl sites for hydroxylation is 1. The number of halogens is 1. The molecule has 0 aromatic heterocycles. The normalized spacial score (nSPS) is 20.5. The van der Waals surface area contributed by atoms with Crippen LogP contribution in [0, 0.1) is 13.8 Å². The molecular weight excluding hydrogens is 248 g/mol. The van der Waals surface area contributed by atoms with E-state index in [9.17, 15) is 0 Å². The molecule has 1 aromatic carbocycles. The van der Waals surface area contributed by atoms with Crippen molar-refractivity contribution in [1.29, 1.82) is 0 Å². The summed E-state index contributed by atoms with van der Waals surface area (Å²) in [5, 5.41) is 0. The van der Waals surface area contributed by atoms with Crippen molar-refractivity contribution in [2.24, 2.45) is 5.73 Å². The zero-order chi connectivity index (χ0) is 12.3. The molecule has 1 aliphatic heterocycles. The van der Waals surface area contributed by atoms with Crippen LogP contribution in [0.4, 0.5) is 0 Å². The fourth-order valence-electron chi connectivity index (χ4n) is 2.29. The van der Waals surface area contributed by atoms with Crippen molar-refractivity contribution in [2.75, 3.05) is 26.2 Å². The third-order valence-electron chi connectivity index (χ3n) is 3.60. The first-order valence-corrected chi connectivity index (χ1v) is 6.30. The summed E-state index contributed by atoms with van der Waals surface area (Å²) in [6.07, 6.45) is 0.203. The minimum absolute atomic E-state index is 0. The fourth-order valence-corrected chi connectivity index (χ4v) is 2.29. The number of rotatable bonds is 3. The van der Waals surface area contributed by atoms with Crippen LogP contribution in [-0.2, 0) is 11.3 Å². The number of nitrogens with two attached hydrogens (primary N) is 1. The summed E-state index contributed by atoms with van der Waals surface area (Å²) in [6, 6.07) is 6.52. The van der Waals surface area contributed by atoms with Gasteiger partial charge in [-0.3, -0.25) is 4.90 Å². The number of ether oxygens (including phenoxy) is 1. The van der Waals surface area contributed by atoms with Crippen molar-refractivity contribution in [3.05, 3.63) is 34.9 Å². The first-order valence-electron chi connectivity index (χ1n) is 6.30. The van der Waals surface area contributed by atoms with Gasteiger partial charge in [-0.1, -0.05) is 18.2 Å². The van der Waals surface area contributed by atoms with Gasteiger partial charge in [-0.05, 0) is 30.5 Å². The summed E-state index contributed by atoms with van der Waals surface area (Å²) in [5.41, 5.74) is 9.85. The summed E-state index contributed by atoms with van der Waals surface area (Å²) in [7, 11) is 0. The lowest BCUT2D eigenvalue weighted by atomic mass is 10.0. The summed E-state index contributed by atoms with van der Waals surface area (Å²) >= 11 is 0. The Morgan fingerprint density at radius 1 is 1.39 bits per heavy atom. The Kier molecular flexibility index (Phi) is 6.09. The highest BCUT2D eigenvalue weighted by Crippen LogP contribution is 2.16. The van der Waals surface area contributed by atoms with Crippen LogP contribution in [0.15, 0.2) is 18.2 Å². The van der Waals surface area contributed by atoms with Gasteiger partial charge in [0.1, 0.15) is 0 Å². The molecule has 1 saturated heterocycles. The molecule has 1 unspecified atom stereocenters. The molecule has 3 nitrogen and oxygen atoms in total. The van der Waals surface area contributed by atoms with Crippen LogP contribution in [-0.4, -0.2) is 37.2 Å². The minimum atomic E-state index is 0. The SMILES string of the molecule is Cc1cccc(CN2CCOC(CN)C2)c1C.Cl. The molecule has 0 amide bonds. The lowest BCUT2D eigenvalue weighted by molar-refractivity contribution is -0.0261. The second-order valence-corrected chi connectivity index (χ2v) is 4.82. The van der Waals surface area contributed by atoms with E-state index in [1.807, 2.05) is 0 Å². The number of nitrogens with zero attached hydrogens (tertiary/aromatic N) is 1. The predicted octanol–water partition coefficient (Wildman–Crippen LogP) is 1.88. The standard InChI is InChI=1S/C14H22N2O.ClH/c1-11-4-3-5-13(12(11)2)9-16-6-7-17-14(8-15)10-16;/h3-5,14H,6-10,15H2,1-2H3;1H. The summed E-state index contributed by atoms with van der Waals surface area (Å²) in [6.45, 7) is 8.74. The molecule has 1 aliphatic rings. The van der Waals surface area contributed by atoms with E-state index in [-0.39, 0.29) is 18.5 Å². The van der Waals surface area contributed by atoms with Gasteiger partial charge in [0.25, 0.3) is 0 Å². The van der Waals surface area contributed by atoms with E-state index in [0.29, 0.717) is 6.54 Å². The molecule has 1 aromatic rings. The van der Waals surface area contributed by atoms with Gasteiger partial charge in [-0.15, -0.1) is 12.4 Å². The van der Waals surface area contributed by atoms with Crippen molar-refractivity contribution in [3.63, 3.8) is 0 Å². The lowest BCUT2D eigenvalue weighted by Crippen LogP contribution is -2.45. The Morgan fingerprint density at radius 2 is 2.17 bits per heavy atom. The Morgan fingerprint density at radius 3 is 2.89 bits per heavy atom. The number of benzene rings is 1. The van der Waals surface area contributed by atoms with Crippen LogP contribution in [0.2, 0.25) is 0 Å². The lowest BCUT2D eigenvalue weighted by Gasteiger charge is -2.32. The fraction of sp³-hybridized carbons (Fsp3) is 0.571. The molecule has 0 aliphatic carbocycles. The van der Waals surface area contributed by atoms with Gasteiger partial charge in [0.15, 0.2) is 0 Å². The van der Waals surface area contributed by atoms with Gasteiger partial charge in [-0.2, -0.15) is 0 Å². The van der Waals surface area contributed by atoms with Crippen LogP contribution in [0.1, 0.15) is 16.7 Å². The van der Waals surface area contributed by atoms with E-state index >= 15 is 0 Å². The number of hydrogen-bond acceptors (Lipinski definition) is 3. The van der Waals surface area contributed by atoms with Crippen LogP contribution in [0.3, 0.4) is 0 Å². The van der Waals surface area contributed by atoms with Crippen LogP contribution in [0.5, 0.6) is 0 Å². The highest BCUT2D eigenvalue weighted by molar-refractivity contribution is 5.85. The molecule has 1 fully saturated rings. The molecule has 1 atom stereocenters. The van der Waals surface area contributed by atoms with Crippen molar-refractivity contribution in [1.82, 2.24) is 4.90 Å². The largest absolute Gasteiger partial charge is 0.374 e. The Bertz CT molecular complexity index is 384. The van der Waals surface area contributed by atoms with Gasteiger partial charge in [0, 0.05) is 26.2 Å². The van der Waals surface area contributed by atoms with Gasteiger partial charge in [-0.25, -0.2) is 0 Å². The van der Waals surface area contributed by atoms with E-state index in [1.54, 1.807) is 0 Å². The first-order chi connectivity index (χ1) is 8.20. The van der Waals surface area contributed by atoms with Gasteiger partial charge in [0.05, 0.1) is 12.7 Å². The monoisotopic (exact) mass is 270 g/mol. The topological polar surface area (TPSA) is 38.5 Å². The molecule has 2 rings (SSSR count). The molecule has 0 saturated carbocycles. The van der Waals surface area contributed by atoms with Crippen molar-refractivity contribution in [2.45, 2.75) is 26.5 Å². The van der Waals surface area contributed by atoms with E-state index < -0.39 is 0 Å². The molecular formula is C14H23ClN2O. The second-order valence-electron chi connectivity index (χ2n) is 4.82. The Balaban J connectivity index is 0.00000162. The van der Waals surface area contributed by atoms with E-state index in [1.165, 1.54) is 16.7 Å². The van der Waals surface area contributed by atoms with Crippen molar-refractivity contribution < 1.29 is 4.74 Å². The maximum absolute atomic E-state index is 5.66. The molecule has 1 heterocycles. The molecule has 18 heavy (non-hydrogen) atoms. The van der Waals surface area contributed by atoms with Gasteiger partial charge >= 0.3 is 0 Å². The van der Waals surface area contributed by atoms with E-state index in [0.717, 1.165) is 26.2 Å². The molecule has 2 N–H and O–H groups in total. The molecule has 0 radical (unpaired) electrons. The zero-order valence-corrected chi connectivity index (χ0v) is 12.0. The van der Waals surface area contributed by atoms with Gasteiger partial charge < -0.3 is 10.5 Å². The zero-order valence-electron chi connectivity index (χ0n) is 11.2. The average molecular weight is 271 g/mol. The van der Waals surface area contributed by atoms with Crippen molar-refractivity contribution >= 4 is 12.4 Å². The summed E-state index contributed by atoms with van der Waals surface area (Å²) in [5.74, 6) is 0. The van der Waals surface area contributed by atoms with E-state index in [4.69, 9.17) is 10.5 Å². The number of hydrogen-bond donors (Lipinski definition) is 1. The van der Waals surface area contributed by atoms with Crippen LogP contribution >= 0.6 is 12.4 Å². The van der Waals surface area contributed by atoms with Crippen molar-refractivity contribution in [3.8, 4) is 0 Å². The number of morpholine rings is 1. The Hall–Kier alpha value is -0.610. The smallest absolute Gasteiger partial charge is 0.0824 e. The molecule has 0 spiro atoms. The first kappa shape index (κ1) is 15.4. The second kappa shape index (κ2) is 7.10. The molecule has 4 heteroatoms. The summed E-state index contributed by atoms with van der Waals surface area (Å²) < 4.78 is 5.58. The van der Waals surface area contributed by atoms with Crippen LogP contribution in [0.25, 0.3) is 0 Å². The maximum atomic E-state index is 5.66. The van der Waals surface area contributed by atoms with Gasteiger partial charge in [0.2, 0.25) is 0 Å². The third kappa shape index (κ3) is 3.69. The van der Waals surface area contributed by atoms with Crippen LogP contribution < -0.4 is 5.73 Å². The maximum Gasteiger partial charge on any atom is 0.0824 e.